The minimum atomic E-state index is -0.583. The minimum Gasteiger partial charge on any atom is -0.389 e. The van der Waals surface area contributed by atoms with E-state index in [1.165, 1.54) is 0 Å². The molecular weight excluding hydrogens is 230 g/mol. The van der Waals surface area contributed by atoms with E-state index in [9.17, 15) is 5.11 Å². The number of methoxy groups -OCH3 is 1. The molecule has 1 aromatic heterocycles. The summed E-state index contributed by atoms with van der Waals surface area (Å²) in [7, 11) is 1.64. The van der Waals surface area contributed by atoms with Crippen LogP contribution >= 0.6 is 0 Å². The molecule has 0 radical (unpaired) electrons. The Hall–Kier alpha value is -1.64. The van der Waals surface area contributed by atoms with Crippen molar-refractivity contribution < 1.29 is 9.84 Å². The number of rotatable bonds is 7. The van der Waals surface area contributed by atoms with Crippen LogP contribution in [0.2, 0.25) is 0 Å². The summed E-state index contributed by atoms with van der Waals surface area (Å²) in [4.78, 5) is 6.27. The van der Waals surface area contributed by atoms with E-state index in [1.54, 1.807) is 26.3 Å². The molecule has 0 spiro atoms. The van der Waals surface area contributed by atoms with Crippen LogP contribution < -0.4 is 4.90 Å². The van der Waals surface area contributed by atoms with Gasteiger partial charge in [0.15, 0.2) is 0 Å². The second kappa shape index (κ2) is 7.64. The molecule has 1 rings (SSSR count). The average Bonchev–Trinajstić information content (AvgIpc) is 2.39. The third-order valence-corrected chi connectivity index (χ3v) is 2.63. The van der Waals surface area contributed by atoms with Gasteiger partial charge in [-0.2, -0.15) is 5.26 Å². The van der Waals surface area contributed by atoms with Gasteiger partial charge in [0.2, 0.25) is 0 Å². The predicted molar refractivity (Wildman–Crippen MR) is 69.2 cm³/mol. The molecule has 98 valence electrons. The van der Waals surface area contributed by atoms with Crippen LogP contribution in [0.15, 0.2) is 18.3 Å². The fourth-order valence-corrected chi connectivity index (χ4v) is 1.71. The third-order valence-electron chi connectivity index (χ3n) is 2.63. The molecule has 0 fully saturated rings. The monoisotopic (exact) mass is 249 g/mol. The normalized spacial score (nSPS) is 11.9. The van der Waals surface area contributed by atoms with E-state index >= 15 is 0 Å². The van der Waals surface area contributed by atoms with Crippen molar-refractivity contribution in [2.24, 2.45) is 0 Å². The molecule has 0 aliphatic carbocycles. The molecular formula is C13H19N3O2. The van der Waals surface area contributed by atoms with Crippen molar-refractivity contribution in [3.05, 3.63) is 23.9 Å². The number of nitrogens with zero attached hydrogens (tertiary/aromatic N) is 3. The Morgan fingerprint density at radius 2 is 2.33 bits per heavy atom. The first kappa shape index (κ1) is 14.4. The standard InChI is InChI=1S/C13H19N3O2/c1-11(17)12-5-3-7-15-13(12)16(8-4-6-14)9-10-18-2/h3,5,7,11,17H,4,8-10H2,1-2H3. The Kier molecular flexibility index (Phi) is 6.12. The van der Waals surface area contributed by atoms with Crippen molar-refractivity contribution in [3.63, 3.8) is 0 Å². The molecule has 0 aliphatic rings. The quantitative estimate of drug-likeness (QED) is 0.793. The van der Waals surface area contributed by atoms with E-state index in [0.29, 0.717) is 26.1 Å². The van der Waals surface area contributed by atoms with Crippen LogP contribution in [-0.4, -0.2) is 36.9 Å². The fraction of sp³-hybridized carbons (Fsp3) is 0.538. The first-order valence-electron chi connectivity index (χ1n) is 5.94. The van der Waals surface area contributed by atoms with E-state index < -0.39 is 6.10 Å². The van der Waals surface area contributed by atoms with Gasteiger partial charge in [0.05, 0.1) is 25.2 Å². The summed E-state index contributed by atoms with van der Waals surface area (Å²) in [6, 6.07) is 5.76. The SMILES string of the molecule is COCCN(CCC#N)c1ncccc1C(C)O. The fourth-order valence-electron chi connectivity index (χ4n) is 1.71. The number of aliphatic hydroxyl groups is 1. The summed E-state index contributed by atoms with van der Waals surface area (Å²) in [5, 5.41) is 18.4. The molecule has 0 aromatic carbocycles. The van der Waals surface area contributed by atoms with Crippen LogP contribution in [-0.2, 0) is 4.74 Å². The minimum absolute atomic E-state index is 0.416. The second-order valence-corrected chi connectivity index (χ2v) is 3.98. The maximum atomic E-state index is 9.74. The molecule has 1 heterocycles. The highest BCUT2D eigenvalue weighted by Crippen LogP contribution is 2.23. The molecule has 1 atom stereocenters. The van der Waals surface area contributed by atoms with Crippen molar-refractivity contribution in [3.8, 4) is 6.07 Å². The zero-order valence-corrected chi connectivity index (χ0v) is 10.8. The van der Waals surface area contributed by atoms with Crippen LogP contribution in [0.1, 0.15) is 25.0 Å². The predicted octanol–water partition coefficient (Wildman–Crippen LogP) is 1.50. The Labute approximate surface area is 108 Å². The lowest BCUT2D eigenvalue weighted by Crippen LogP contribution is -2.30. The van der Waals surface area contributed by atoms with Crippen molar-refractivity contribution in [1.29, 1.82) is 5.26 Å². The van der Waals surface area contributed by atoms with Gasteiger partial charge in [-0.25, -0.2) is 4.98 Å². The summed E-state index contributed by atoms with van der Waals surface area (Å²) in [5.41, 5.74) is 0.770. The zero-order valence-electron chi connectivity index (χ0n) is 10.8. The number of aliphatic hydroxyl groups excluding tert-OH is 1. The molecule has 0 bridgehead atoms. The summed E-state index contributed by atoms with van der Waals surface area (Å²) < 4.78 is 5.06. The Morgan fingerprint density at radius 1 is 1.56 bits per heavy atom. The van der Waals surface area contributed by atoms with Crippen molar-refractivity contribution in [2.75, 3.05) is 31.7 Å². The molecule has 18 heavy (non-hydrogen) atoms. The number of nitriles is 1. The van der Waals surface area contributed by atoms with Gasteiger partial charge in [-0.05, 0) is 13.0 Å². The summed E-state index contributed by atoms with van der Waals surface area (Å²) >= 11 is 0. The number of anilines is 1. The molecule has 0 amide bonds. The molecule has 0 aliphatic heterocycles. The topological polar surface area (TPSA) is 69.4 Å². The number of pyridine rings is 1. The van der Waals surface area contributed by atoms with Crippen LogP contribution in [0.3, 0.4) is 0 Å². The third kappa shape index (κ3) is 3.99. The molecule has 1 N–H and O–H groups in total. The van der Waals surface area contributed by atoms with E-state index in [2.05, 4.69) is 11.1 Å². The summed E-state index contributed by atoms with van der Waals surface area (Å²) in [6.07, 6.45) is 1.52. The van der Waals surface area contributed by atoms with E-state index in [4.69, 9.17) is 10.00 Å². The van der Waals surface area contributed by atoms with Gasteiger partial charge in [0, 0.05) is 32.0 Å². The van der Waals surface area contributed by atoms with Crippen LogP contribution in [0.25, 0.3) is 0 Å². The summed E-state index contributed by atoms with van der Waals surface area (Å²) in [5.74, 6) is 0.722. The maximum absolute atomic E-state index is 9.74. The first-order valence-corrected chi connectivity index (χ1v) is 5.94. The van der Waals surface area contributed by atoms with E-state index in [-0.39, 0.29) is 0 Å². The number of hydrogen-bond donors (Lipinski definition) is 1. The van der Waals surface area contributed by atoms with Gasteiger partial charge >= 0.3 is 0 Å². The Balaban J connectivity index is 2.92. The van der Waals surface area contributed by atoms with Gasteiger partial charge in [0.1, 0.15) is 5.82 Å². The molecule has 5 nitrogen and oxygen atoms in total. The van der Waals surface area contributed by atoms with Gasteiger partial charge in [0.25, 0.3) is 0 Å². The molecule has 1 aromatic rings. The average molecular weight is 249 g/mol. The highest BCUT2D eigenvalue weighted by Gasteiger charge is 2.15. The van der Waals surface area contributed by atoms with Gasteiger partial charge in [-0.1, -0.05) is 6.07 Å². The molecule has 0 saturated heterocycles. The summed E-state index contributed by atoms with van der Waals surface area (Å²) in [6.45, 7) is 3.49. The maximum Gasteiger partial charge on any atom is 0.134 e. The van der Waals surface area contributed by atoms with Crippen LogP contribution in [0, 0.1) is 11.3 Å². The number of aromatic nitrogens is 1. The van der Waals surface area contributed by atoms with Crippen LogP contribution in [0.5, 0.6) is 0 Å². The van der Waals surface area contributed by atoms with E-state index in [0.717, 1.165) is 11.4 Å². The molecule has 0 saturated carbocycles. The largest absolute Gasteiger partial charge is 0.389 e. The Morgan fingerprint density at radius 3 is 2.94 bits per heavy atom. The van der Waals surface area contributed by atoms with Crippen molar-refractivity contribution >= 4 is 5.82 Å². The lowest BCUT2D eigenvalue weighted by molar-refractivity contribution is 0.196. The van der Waals surface area contributed by atoms with Gasteiger partial charge in [-0.3, -0.25) is 0 Å². The number of hydrogen-bond acceptors (Lipinski definition) is 5. The van der Waals surface area contributed by atoms with Gasteiger partial charge < -0.3 is 14.7 Å². The Bertz CT molecular complexity index is 401. The second-order valence-electron chi connectivity index (χ2n) is 3.98. The van der Waals surface area contributed by atoms with Crippen molar-refractivity contribution in [2.45, 2.75) is 19.4 Å². The molecule has 5 heteroatoms. The smallest absolute Gasteiger partial charge is 0.134 e. The van der Waals surface area contributed by atoms with Crippen LogP contribution in [0.4, 0.5) is 5.82 Å². The highest BCUT2D eigenvalue weighted by molar-refractivity contribution is 5.47. The first-order chi connectivity index (χ1) is 8.70. The lowest BCUT2D eigenvalue weighted by atomic mass is 10.1. The highest BCUT2D eigenvalue weighted by atomic mass is 16.5. The van der Waals surface area contributed by atoms with Crippen molar-refractivity contribution in [1.82, 2.24) is 4.98 Å². The van der Waals surface area contributed by atoms with Gasteiger partial charge in [-0.15, -0.1) is 0 Å². The lowest BCUT2D eigenvalue weighted by Gasteiger charge is -2.25. The van der Waals surface area contributed by atoms with E-state index in [1.807, 2.05) is 11.0 Å². The molecule has 1 unspecified atom stereocenters. The number of ether oxygens (including phenoxy) is 1. The zero-order chi connectivity index (χ0) is 13.4.